The Morgan fingerprint density at radius 2 is 1.73 bits per heavy atom. The molecule has 0 aliphatic carbocycles. The van der Waals surface area contributed by atoms with Gasteiger partial charge >= 0.3 is 0 Å². The van der Waals surface area contributed by atoms with Gasteiger partial charge in [-0.1, -0.05) is 47.6 Å². The van der Waals surface area contributed by atoms with E-state index >= 15 is 0 Å². The summed E-state index contributed by atoms with van der Waals surface area (Å²) < 4.78 is 39.2. The lowest BCUT2D eigenvalue weighted by Gasteiger charge is -2.35. The first-order valence-corrected chi connectivity index (χ1v) is 13.9. The maximum atomic E-state index is 13.6. The molecule has 0 radical (unpaired) electrons. The van der Waals surface area contributed by atoms with Gasteiger partial charge in [0.15, 0.2) is 10.7 Å². The van der Waals surface area contributed by atoms with Crippen LogP contribution in [0.4, 0.5) is 0 Å². The number of hydrogen-bond acceptors (Lipinski definition) is 6. The van der Waals surface area contributed by atoms with E-state index in [1.54, 1.807) is 26.2 Å². The number of nitrogens with zero attached hydrogens (tertiary/aromatic N) is 3. The van der Waals surface area contributed by atoms with E-state index in [0.29, 0.717) is 31.6 Å². The van der Waals surface area contributed by atoms with Crippen molar-refractivity contribution < 1.29 is 22.5 Å². The molecular formula is C28H31N3O5S. The lowest BCUT2D eigenvalue weighted by Crippen LogP contribution is -2.45. The molecule has 3 heterocycles. The van der Waals surface area contributed by atoms with Gasteiger partial charge in [-0.15, -0.1) is 0 Å². The Morgan fingerprint density at radius 1 is 1.03 bits per heavy atom. The Bertz CT molecular complexity index is 1400. The Labute approximate surface area is 217 Å². The van der Waals surface area contributed by atoms with E-state index in [4.69, 9.17) is 9.26 Å². The third-order valence-electron chi connectivity index (χ3n) is 7.22. The summed E-state index contributed by atoms with van der Waals surface area (Å²) in [6.45, 7) is 3.53. The lowest BCUT2D eigenvalue weighted by molar-refractivity contribution is -0.137. The van der Waals surface area contributed by atoms with Crippen LogP contribution in [0, 0.1) is 12.8 Å². The van der Waals surface area contributed by atoms with Gasteiger partial charge in [0, 0.05) is 32.1 Å². The molecule has 1 aromatic heterocycles. The maximum Gasteiger partial charge on any atom is 0.248 e. The number of carbonyl (C=O) groups excluding carboxylic acids is 1. The van der Waals surface area contributed by atoms with Crippen molar-refractivity contribution in [2.45, 2.75) is 37.6 Å². The predicted molar refractivity (Wildman–Crippen MR) is 140 cm³/mol. The molecule has 3 aromatic rings. The van der Waals surface area contributed by atoms with Gasteiger partial charge in [-0.2, -0.15) is 4.31 Å². The second kappa shape index (κ2) is 10.5. The molecule has 1 fully saturated rings. The van der Waals surface area contributed by atoms with E-state index in [2.05, 4.69) is 17.3 Å². The first kappa shape index (κ1) is 25.2. The zero-order chi connectivity index (χ0) is 26.0. The third-order valence-corrected chi connectivity index (χ3v) is 9.28. The zero-order valence-electron chi connectivity index (χ0n) is 21.1. The molecular weight excluding hydrogens is 490 g/mol. The molecule has 5 rings (SSSR count). The van der Waals surface area contributed by atoms with E-state index in [-0.39, 0.29) is 35.6 Å². The number of sulfonamides is 1. The highest BCUT2D eigenvalue weighted by Gasteiger charge is 2.37. The van der Waals surface area contributed by atoms with Gasteiger partial charge in [0.2, 0.25) is 15.9 Å². The van der Waals surface area contributed by atoms with Crippen molar-refractivity contribution in [3.8, 4) is 5.75 Å². The minimum absolute atomic E-state index is 0.0784. The monoisotopic (exact) mass is 521 g/mol. The van der Waals surface area contributed by atoms with Gasteiger partial charge in [0.05, 0.1) is 7.11 Å². The highest BCUT2D eigenvalue weighted by Crippen LogP contribution is 2.31. The second-order valence-corrected chi connectivity index (χ2v) is 11.4. The molecule has 0 N–H and O–H groups in total. The summed E-state index contributed by atoms with van der Waals surface area (Å²) in [7, 11) is -2.23. The number of aromatic nitrogens is 1. The fourth-order valence-corrected chi connectivity index (χ4v) is 6.82. The molecule has 0 unspecified atom stereocenters. The van der Waals surface area contributed by atoms with Crippen LogP contribution in [-0.2, 0) is 27.8 Å². The predicted octanol–water partition coefficient (Wildman–Crippen LogP) is 4.15. The first-order valence-electron chi connectivity index (χ1n) is 12.5. The molecule has 9 heteroatoms. The summed E-state index contributed by atoms with van der Waals surface area (Å²) >= 11 is 0. The molecule has 1 amide bonds. The van der Waals surface area contributed by atoms with E-state index < -0.39 is 10.0 Å². The zero-order valence-corrected chi connectivity index (χ0v) is 21.9. The molecule has 2 aliphatic heterocycles. The third kappa shape index (κ3) is 5.19. The van der Waals surface area contributed by atoms with E-state index in [1.165, 1.54) is 15.4 Å². The van der Waals surface area contributed by atoms with Crippen LogP contribution < -0.4 is 4.74 Å². The molecule has 2 aromatic carbocycles. The van der Waals surface area contributed by atoms with E-state index in [9.17, 15) is 13.2 Å². The van der Waals surface area contributed by atoms with Crippen LogP contribution in [0.2, 0.25) is 0 Å². The SMILES string of the molecule is COc1ccc(/C=C/c2onc(C)c2S(=O)(=O)N2CCC(C(=O)N3CCc4ccccc4C3)CC2)cc1. The van der Waals surface area contributed by atoms with Crippen molar-refractivity contribution in [2.75, 3.05) is 26.7 Å². The van der Waals surface area contributed by atoms with Crippen LogP contribution in [0.3, 0.4) is 0 Å². The Kier molecular flexibility index (Phi) is 7.17. The number of rotatable bonds is 6. The van der Waals surface area contributed by atoms with Gasteiger partial charge in [0.25, 0.3) is 0 Å². The number of piperidine rings is 1. The number of amides is 1. The summed E-state index contributed by atoms with van der Waals surface area (Å²) in [6.07, 6.45) is 5.25. The van der Waals surface area contributed by atoms with Crippen LogP contribution in [0.15, 0.2) is 57.9 Å². The average Bonchev–Trinajstić information content (AvgIpc) is 3.32. The summed E-state index contributed by atoms with van der Waals surface area (Å²) in [5.74, 6) is 0.881. The molecule has 0 bridgehead atoms. The van der Waals surface area contributed by atoms with E-state index in [1.807, 2.05) is 41.3 Å². The molecule has 1 saturated heterocycles. The van der Waals surface area contributed by atoms with Crippen molar-refractivity contribution in [3.05, 3.63) is 76.7 Å². The number of aryl methyl sites for hydroxylation is 1. The van der Waals surface area contributed by atoms with Crippen LogP contribution in [0.1, 0.15) is 41.0 Å². The van der Waals surface area contributed by atoms with Gasteiger partial charge in [0.1, 0.15) is 11.4 Å². The van der Waals surface area contributed by atoms with Crippen molar-refractivity contribution >= 4 is 28.1 Å². The molecule has 2 aliphatic rings. The Morgan fingerprint density at radius 3 is 2.43 bits per heavy atom. The fourth-order valence-electron chi connectivity index (χ4n) is 5.10. The minimum atomic E-state index is -3.83. The van der Waals surface area contributed by atoms with Crippen molar-refractivity contribution in [2.24, 2.45) is 5.92 Å². The molecule has 194 valence electrons. The largest absolute Gasteiger partial charge is 0.497 e. The summed E-state index contributed by atoms with van der Waals surface area (Å²) in [6, 6.07) is 15.6. The smallest absolute Gasteiger partial charge is 0.248 e. The van der Waals surface area contributed by atoms with Crippen LogP contribution in [0.25, 0.3) is 12.2 Å². The van der Waals surface area contributed by atoms with Gasteiger partial charge in [-0.3, -0.25) is 4.79 Å². The van der Waals surface area contributed by atoms with Crippen molar-refractivity contribution in [1.29, 1.82) is 0 Å². The van der Waals surface area contributed by atoms with Gasteiger partial charge < -0.3 is 14.2 Å². The quantitative estimate of drug-likeness (QED) is 0.484. The second-order valence-electron chi connectivity index (χ2n) is 9.52. The number of methoxy groups -OCH3 is 1. The molecule has 8 nitrogen and oxygen atoms in total. The summed E-state index contributed by atoms with van der Waals surface area (Å²) in [4.78, 5) is 15.2. The van der Waals surface area contributed by atoms with Crippen molar-refractivity contribution in [3.63, 3.8) is 0 Å². The summed E-state index contributed by atoms with van der Waals surface area (Å²) in [5, 5.41) is 3.93. The van der Waals surface area contributed by atoms with Crippen LogP contribution in [-0.4, -0.2) is 55.4 Å². The standard InChI is InChI=1S/C28H31N3O5S/c1-20-27(26(36-29-20)12-9-21-7-10-25(35-2)11-8-21)37(33,34)31-17-14-23(15-18-31)28(32)30-16-13-22-5-3-4-6-24(22)19-30/h3-12,23H,13-19H2,1-2H3/b12-9+. The fraction of sp³-hybridized carbons (Fsp3) is 0.357. The number of hydrogen-bond donors (Lipinski definition) is 0. The normalized spacial score (nSPS) is 17.2. The lowest BCUT2D eigenvalue weighted by atomic mass is 9.94. The van der Waals surface area contributed by atoms with Crippen LogP contribution >= 0.6 is 0 Å². The number of carbonyl (C=O) groups is 1. The highest BCUT2D eigenvalue weighted by atomic mass is 32.2. The minimum Gasteiger partial charge on any atom is -0.497 e. The topological polar surface area (TPSA) is 93.0 Å². The molecule has 0 saturated carbocycles. The van der Waals surface area contributed by atoms with Crippen LogP contribution in [0.5, 0.6) is 5.75 Å². The molecule has 0 atom stereocenters. The summed E-state index contributed by atoms with van der Waals surface area (Å²) in [5.41, 5.74) is 3.69. The number of benzene rings is 2. The Balaban J connectivity index is 1.25. The van der Waals surface area contributed by atoms with Crippen molar-refractivity contribution in [1.82, 2.24) is 14.4 Å². The first-order chi connectivity index (χ1) is 17.9. The number of fused-ring (bicyclic) bond motifs is 1. The average molecular weight is 522 g/mol. The molecule has 37 heavy (non-hydrogen) atoms. The Hall–Kier alpha value is -3.43. The maximum absolute atomic E-state index is 13.6. The van der Waals surface area contributed by atoms with Gasteiger partial charge in [-0.05, 0) is 61.1 Å². The molecule has 0 spiro atoms. The highest BCUT2D eigenvalue weighted by molar-refractivity contribution is 7.89. The number of ether oxygens (including phenoxy) is 1. The van der Waals surface area contributed by atoms with E-state index in [0.717, 1.165) is 17.7 Å². The van der Waals surface area contributed by atoms with Gasteiger partial charge in [-0.25, -0.2) is 8.42 Å².